The highest BCUT2D eigenvalue weighted by atomic mass is 35.5. The van der Waals surface area contributed by atoms with Crippen molar-refractivity contribution < 1.29 is 13.6 Å². The number of thioether (sulfide) groups is 1. The molecule has 0 spiro atoms. The summed E-state index contributed by atoms with van der Waals surface area (Å²) in [6, 6.07) is 21.9. The molecule has 10 heteroatoms. The summed E-state index contributed by atoms with van der Waals surface area (Å²) in [4.78, 5) is 25.9. The quantitative estimate of drug-likeness (QED) is 0.162. The summed E-state index contributed by atoms with van der Waals surface area (Å²) in [5, 5.41) is 3.76. The second kappa shape index (κ2) is 12.4. The van der Waals surface area contributed by atoms with Crippen LogP contribution in [0.1, 0.15) is 21.5 Å². The maximum Gasteiger partial charge on any atom is 0.251 e. The Morgan fingerprint density at radius 3 is 2.38 bits per heavy atom. The predicted molar refractivity (Wildman–Crippen MR) is 151 cm³/mol. The van der Waals surface area contributed by atoms with E-state index in [9.17, 15) is 13.6 Å². The molecule has 6 nitrogen and oxygen atoms in total. The zero-order chi connectivity index (χ0) is 27.2. The van der Waals surface area contributed by atoms with E-state index in [0.29, 0.717) is 60.0 Å². The van der Waals surface area contributed by atoms with Crippen molar-refractivity contribution in [1.82, 2.24) is 15.3 Å². The fourth-order valence-corrected chi connectivity index (χ4v) is 5.36. The molecule has 0 atom stereocenters. The summed E-state index contributed by atoms with van der Waals surface area (Å²) in [7, 11) is 0. The summed E-state index contributed by atoms with van der Waals surface area (Å²) in [5.74, 6) is 0.555. The number of benzene rings is 3. The van der Waals surface area contributed by atoms with Crippen molar-refractivity contribution in [2.75, 3.05) is 36.0 Å². The molecular formula is C29H26ClF2N5OS. The average molecular weight is 566 g/mol. The maximum absolute atomic E-state index is 14.2. The van der Waals surface area contributed by atoms with Gasteiger partial charge in [-0.05, 0) is 47.5 Å². The molecule has 1 aliphatic heterocycles. The van der Waals surface area contributed by atoms with Crippen LogP contribution in [0.3, 0.4) is 0 Å². The molecule has 1 aromatic heterocycles. The van der Waals surface area contributed by atoms with E-state index in [1.165, 1.54) is 30.0 Å². The standard InChI is InChI=1S/C29H26ClF2N5OS/c30-26-17-27(37-14-12-36(13-15-37)25-7-2-1-6-24(25)32)35-29(34-26)39-19-21-4-3-5-22(16-21)28(38)33-18-20-8-10-23(31)11-9-20/h1-11,16-17H,12-15,18-19H2,(H,33,38). The number of hydrogen-bond donors (Lipinski definition) is 1. The average Bonchev–Trinajstić information content (AvgIpc) is 2.96. The first-order valence-corrected chi connectivity index (χ1v) is 13.8. The van der Waals surface area contributed by atoms with Crippen molar-refractivity contribution in [3.8, 4) is 0 Å². The highest BCUT2D eigenvalue weighted by Crippen LogP contribution is 2.27. The van der Waals surface area contributed by atoms with E-state index in [4.69, 9.17) is 16.6 Å². The molecule has 4 aromatic rings. The van der Waals surface area contributed by atoms with Gasteiger partial charge >= 0.3 is 0 Å². The number of halogens is 3. The minimum Gasteiger partial charge on any atom is -0.366 e. The molecule has 5 rings (SSSR count). The summed E-state index contributed by atoms with van der Waals surface area (Å²) >= 11 is 7.77. The number of carbonyl (C=O) groups is 1. The monoisotopic (exact) mass is 565 g/mol. The normalized spacial score (nSPS) is 13.4. The molecule has 0 saturated carbocycles. The Balaban J connectivity index is 1.18. The van der Waals surface area contributed by atoms with Crippen LogP contribution >= 0.6 is 23.4 Å². The molecule has 0 bridgehead atoms. The third-order valence-corrected chi connectivity index (χ3v) is 7.49. The molecule has 0 radical (unpaired) electrons. The van der Waals surface area contributed by atoms with Crippen LogP contribution in [0.25, 0.3) is 0 Å². The Morgan fingerprint density at radius 2 is 1.62 bits per heavy atom. The molecule has 39 heavy (non-hydrogen) atoms. The lowest BCUT2D eigenvalue weighted by atomic mass is 10.1. The summed E-state index contributed by atoms with van der Waals surface area (Å²) < 4.78 is 27.3. The first-order valence-electron chi connectivity index (χ1n) is 12.5. The third kappa shape index (κ3) is 7.04. The van der Waals surface area contributed by atoms with Crippen molar-refractivity contribution in [2.24, 2.45) is 0 Å². The predicted octanol–water partition coefficient (Wildman–Crippen LogP) is 5.96. The molecule has 200 valence electrons. The lowest BCUT2D eigenvalue weighted by molar-refractivity contribution is 0.0951. The molecular weight excluding hydrogens is 540 g/mol. The van der Waals surface area contributed by atoms with Crippen LogP contribution in [0, 0.1) is 11.6 Å². The molecule has 0 unspecified atom stereocenters. The van der Waals surface area contributed by atoms with Gasteiger partial charge < -0.3 is 15.1 Å². The van der Waals surface area contributed by atoms with Crippen molar-refractivity contribution in [2.45, 2.75) is 17.5 Å². The van der Waals surface area contributed by atoms with Crippen LogP contribution in [-0.2, 0) is 12.3 Å². The molecule has 3 aromatic carbocycles. The maximum atomic E-state index is 14.2. The Kier molecular flexibility index (Phi) is 8.58. The van der Waals surface area contributed by atoms with Gasteiger partial charge in [-0.15, -0.1) is 0 Å². The first-order chi connectivity index (χ1) is 18.9. The van der Waals surface area contributed by atoms with E-state index in [-0.39, 0.29) is 17.5 Å². The lowest BCUT2D eigenvalue weighted by Gasteiger charge is -2.36. The molecule has 1 saturated heterocycles. The van der Waals surface area contributed by atoms with Gasteiger partial charge in [-0.3, -0.25) is 4.79 Å². The topological polar surface area (TPSA) is 61.4 Å². The molecule has 1 N–H and O–H groups in total. The van der Waals surface area contributed by atoms with Crippen LogP contribution in [-0.4, -0.2) is 42.1 Å². The van der Waals surface area contributed by atoms with Gasteiger partial charge in [0.15, 0.2) is 5.16 Å². The van der Waals surface area contributed by atoms with Gasteiger partial charge in [-0.1, -0.05) is 59.8 Å². The van der Waals surface area contributed by atoms with Crippen molar-refractivity contribution in [3.05, 3.63) is 112 Å². The number of aromatic nitrogens is 2. The number of carbonyl (C=O) groups excluding carboxylic acids is 1. The summed E-state index contributed by atoms with van der Waals surface area (Å²) in [6.07, 6.45) is 0. The first kappa shape index (κ1) is 26.9. The Morgan fingerprint density at radius 1 is 0.872 bits per heavy atom. The van der Waals surface area contributed by atoms with E-state index in [2.05, 4.69) is 15.2 Å². The van der Waals surface area contributed by atoms with Crippen molar-refractivity contribution >= 4 is 40.8 Å². The fourth-order valence-electron chi connectivity index (χ4n) is 4.33. The van der Waals surface area contributed by atoms with Crippen LogP contribution in [0.2, 0.25) is 5.15 Å². The summed E-state index contributed by atoms with van der Waals surface area (Å²) in [6.45, 7) is 3.01. The van der Waals surface area contributed by atoms with Crippen LogP contribution in [0.4, 0.5) is 20.3 Å². The third-order valence-electron chi connectivity index (χ3n) is 6.38. The van der Waals surface area contributed by atoms with E-state index < -0.39 is 0 Å². The zero-order valence-corrected chi connectivity index (χ0v) is 22.6. The minimum atomic E-state index is -0.312. The van der Waals surface area contributed by atoms with Crippen LogP contribution < -0.4 is 15.1 Å². The second-order valence-electron chi connectivity index (χ2n) is 9.06. The molecule has 1 fully saturated rings. The van der Waals surface area contributed by atoms with Gasteiger partial charge in [0.1, 0.15) is 22.6 Å². The fraction of sp³-hybridized carbons (Fsp3) is 0.207. The zero-order valence-electron chi connectivity index (χ0n) is 21.0. The number of nitrogens with one attached hydrogen (secondary N) is 1. The SMILES string of the molecule is O=C(NCc1ccc(F)cc1)c1cccc(CSc2nc(Cl)cc(N3CCN(c4ccccc4F)CC3)n2)c1. The number of anilines is 2. The van der Waals surface area contributed by atoms with Gasteiger partial charge in [0.25, 0.3) is 5.91 Å². The number of para-hydroxylation sites is 1. The summed E-state index contributed by atoms with van der Waals surface area (Å²) in [5.41, 5.74) is 2.91. The van der Waals surface area contributed by atoms with Crippen molar-refractivity contribution in [1.29, 1.82) is 0 Å². The Hall–Kier alpha value is -3.69. The number of hydrogen-bond acceptors (Lipinski definition) is 6. The van der Waals surface area contributed by atoms with Crippen molar-refractivity contribution in [3.63, 3.8) is 0 Å². The number of piperazine rings is 1. The number of amides is 1. The van der Waals surface area contributed by atoms with E-state index in [0.717, 1.165) is 16.9 Å². The smallest absolute Gasteiger partial charge is 0.251 e. The largest absolute Gasteiger partial charge is 0.366 e. The molecule has 1 aliphatic rings. The highest BCUT2D eigenvalue weighted by Gasteiger charge is 2.21. The van der Waals surface area contributed by atoms with Gasteiger partial charge in [0, 0.05) is 50.1 Å². The Labute approximate surface area is 235 Å². The van der Waals surface area contributed by atoms with Gasteiger partial charge in [-0.25, -0.2) is 18.7 Å². The minimum absolute atomic E-state index is 0.206. The van der Waals surface area contributed by atoms with E-state index >= 15 is 0 Å². The van der Waals surface area contributed by atoms with Gasteiger partial charge in [0.05, 0.1) is 5.69 Å². The molecule has 2 heterocycles. The van der Waals surface area contributed by atoms with Gasteiger partial charge in [0.2, 0.25) is 0 Å². The van der Waals surface area contributed by atoms with Crippen LogP contribution in [0.15, 0.2) is 84.0 Å². The molecule has 0 aliphatic carbocycles. The van der Waals surface area contributed by atoms with Gasteiger partial charge in [-0.2, -0.15) is 0 Å². The van der Waals surface area contributed by atoms with Crippen LogP contribution in [0.5, 0.6) is 0 Å². The van der Waals surface area contributed by atoms with E-state index in [1.54, 1.807) is 36.4 Å². The lowest BCUT2D eigenvalue weighted by Crippen LogP contribution is -2.47. The number of rotatable bonds is 8. The van der Waals surface area contributed by atoms with E-state index in [1.807, 2.05) is 29.2 Å². The second-order valence-corrected chi connectivity index (χ2v) is 10.4. The molecule has 1 amide bonds. The highest BCUT2D eigenvalue weighted by molar-refractivity contribution is 7.98. The number of nitrogens with zero attached hydrogens (tertiary/aromatic N) is 4. The Bertz CT molecular complexity index is 1450.